The van der Waals surface area contributed by atoms with E-state index in [0.717, 1.165) is 11.1 Å². The lowest BCUT2D eigenvalue weighted by atomic mass is 10.1. The molecule has 19 heavy (non-hydrogen) atoms. The second-order valence-corrected chi connectivity index (χ2v) is 4.51. The quantitative estimate of drug-likeness (QED) is 0.823. The number of aromatic nitrogens is 2. The van der Waals surface area contributed by atoms with E-state index in [-0.39, 0.29) is 5.78 Å². The van der Waals surface area contributed by atoms with Crippen molar-refractivity contribution in [2.45, 2.75) is 13.3 Å². The maximum atomic E-state index is 11.0. The fourth-order valence-electron chi connectivity index (χ4n) is 1.72. The summed E-state index contributed by atoms with van der Waals surface area (Å²) in [4.78, 5) is 21.5. The number of hydrogen-bond donors (Lipinski definition) is 0. The van der Waals surface area contributed by atoms with Gasteiger partial charge < -0.3 is 4.90 Å². The van der Waals surface area contributed by atoms with Crippen LogP contribution in [0.15, 0.2) is 42.7 Å². The van der Waals surface area contributed by atoms with Gasteiger partial charge in [-0.1, -0.05) is 30.3 Å². The SMILES string of the molecule is CC(=O)CCN(C)c1ncc(-c2ccccc2)cn1. The van der Waals surface area contributed by atoms with Crippen LogP contribution in [0.2, 0.25) is 0 Å². The molecule has 0 aliphatic heterocycles. The summed E-state index contributed by atoms with van der Waals surface area (Å²) in [6, 6.07) is 10.0. The molecule has 98 valence electrons. The van der Waals surface area contributed by atoms with E-state index in [0.29, 0.717) is 18.9 Å². The van der Waals surface area contributed by atoms with E-state index in [1.165, 1.54) is 0 Å². The van der Waals surface area contributed by atoms with E-state index in [1.54, 1.807) is 6.92 Å². The molecule has 0 radical (unpaired) electrons. The van der Waals surface area contributed by atoms with E-state index in [1.807, 2.05) is 54.7 Å². The van der Waals surface area contributed by atoms with Gasteiger partial charge in [-0.05, 0) is 12.5 Å². The maximum absolute atomic E-state index is 11.0. The van der Waals surface area contributed by atoms with Crippen LogP contribution < -0.4 is 4.90 Å². The molecule has 1 heterocycles. The Morgan fingerprint density at radius 2 is 1.74 bits per heavy atom. The molecule has 0 bridgehead atoms. The van der Waals surface area contributed by atoms with Crippen LogP contribution in [0.5, 0.6) is 0 Å². The highest BCUT2D eigenvalue weighted by molar-refractivity contribution is 5.76. The number of benzene rings is 1. The van der Waals surface area contributed by atoms with Crippen molar-refractivity contribution < 1.29 is 4.79 Å². The van der Waals surface area contributed by atoms with Crippen molar-refractivity contribution in [1.29, 1.82) is 0 Å². The summed E-state index contributed by atoms with van der Waals surface area (Å²) in [5, 5.41) is 0. The van der Waals surface area contributed by atoms with E-state index in [2.05, 4.69) is 9.97 Å². The number of rotatable bonds is 5. The Morgan fingerprint density at radius 1 is 1.11 bits per heavy atom. The van der Waals surface area contributed by atoms with Crippen LogP contribution in [0, 0.1) is 0 Å². The van der Waals surface area contributed by atoms with Gasteiger partial charge in [0.15, 0.2) is 0 Å². The summed E-state index contributed by atoms with van der Waals surface area (Å²) in [7, 11) is 1.89. The average molecular weight is 255 g/mol. The molecular weight excluding hydrogens is 238 g/mol. The van der Waals surface area contributed by atoms with Crippen LogP contribution in [0.25, 0.3) is 11.1 Å². The lowest BCUT2D eigenvalue weighted by molar-refractivity contribution is -0.116. The highest BCUT2D eigenvalue weighted by Crippen LogP contribution is 2.17. The van der Waals surface area contributed by atoms with E-state index >= 15 is 0 Å². The van der Waals surface area contributed by atoms with Crippen molar-refractivity contribution in [2.24, 2.45) is 0 Å². The molecule has 0 aliphatic carbocycles. The minimum absolute atomic E-state index is 0.174. The summed E-state index contributed by atoms with van der Waals surface area (Å²) in [6.07, 6.45) is 4.13. The zero-order valence-corrected chi connectivity index (χ0v) is 11.2. The molecule has 1 aromatic carbocycles. The number of anilines is 1. The van der Waals surface area contributed by atoms with Gasteiger partial charge in [0.25, 0.3) is 0 Å². The molecule has 0 spiro atoms. The molecule has 0 saturated heterocycles. The first-order chi connectivity index (χ1) is 9.16. The van der Waals surface area contributed by atoms with Crippen molar-refractivity contribution in [3.05, 3.63) is 42.7 Å². The lowest BCUT2D eigenvalue weighted by Crippen LogP contribution is -2.22. The highest BCUT2D eigenvalue weighted by Gasteiger charge is 2.06. The van der Waals surface area contributed by atoms with Gasteiger partial charge in [-0.3, -0.25) is 4.79 Å². The van der Waals surface area contributed by atoms with Crippen LogP contribution in [0.1, 0.15) is 13.3 Å². The number of ketones is 1. The van der Waals surface area contributed by atoms with Crippen LogP contribution in [0.4, 0.5) is 5.95 Å². The maximum Gasteiger partial charge on any atom is 0.225 e. The zero-order valence-electron chi connectivity index (χ0n) is 11.2. The Balaban J connectivity index is 2.08. The van der Waals surface area contributed by atoms with Gasteiger partial charge in [-0.25, -0.2) is 9.97 Å². The molecular formula is C15H17N3O. The third kappa shape index (κ3) is 3.61. The summed E-state index contributed by atoms with van der Waals surface area (Å²) >= 11 is 0. The molecule has 0 atom stereocenters. The van der Waals surface area contributed by atoms with E-state index < -0.39 is 0 Å². The summed E-state index contributed by atoms with van der Waals surface area (Å²) in [5.74, 6) is 0.814. The van der Waals surface area contributed by atoms with Crippen LogP contribution >= 0.6 is 0 Å². The van der Waals surface area contributed by atoms with Gasteiger partial charge in [0.05, 0.1) is 0 Å². The van der Waals surface area contributed by atoms with Gasteiger partial charge in [-0.2, -0.15) is 0 Å². The van der Waals surface area contributed by atoms with Crippen molar-refractivity contribution in [3.63, 3.8) is 0 Å². The smallest absolute Gasteiger partial charge is 0.225 e. The lowest BCUT2D eigenvalue weighted by Gasteiger charge is -2.15. The van der Waals surface area contributed by atoms with E-state index in [9.17, 15) is 4.79 Å². The monoisotopic (exact) mass is 255 g/mol. The predicted octanol–water partition coefficient (Wildman–Crippen LogP) is 2.56. The Hall–Kier alpha value is -2.23. The summed E-state index contributed by atoms with van der Waals surface area (Å²) in [5.41, 5.74) is 2.09. The van der Waals surface area contributed by atoms with Crippen molar-refractivity contribution >= 4 is 11.7 Å². The molecule has 2 rings (SSSR count). The molecule has 4 heteroatoms. The minimum atomic E-state index is 0.174. The first-order valence-corrected chi connectivity index (χ1v) is 6.25. The molecule has 2 aromatic rings. The van der Waals surface area contributed by atoms with Gasteiger partial charge >= 0.3 is 0 Å². The molecule has 0 unspecified atom stereocenters. The van der Waals surface area contributed by atoms with Gasteiger partial charge in [0.1, 0.15) is 5.78 Å². The molecule has 4 nitrogen and oxygen atoms in total. The normalized spacial score (nSPS) is 10.2. The molecule has 1 aromatic heterocycles. The minimum Gasteiger partial charge on any atom is -0.343 e. The number of hydrogen-bond acceptors (Lipinski definition) is 4. The number of Topliss-reactive ketones (excluding diaryl/α,β-unsaturated/α-hetero) is 1. The Bertz CT molecular complexity index is 537. The second kappa shape index (κ2) is 6.09. The Labute approximate surface area is 113 Å². The Morgan fingerprint density at radius 3 is 2.32 bits per heavy atom. The fourth-order valence-corrected chi connectivity index (χ4v) is 1.72. The number of carbonyl (C=O) groups is 1. The molecule has 0 amide bonds. The topological polar surface area (TPSA) is 46.1 Å². The molecule has 0 N–H and O–H groups in total. The Kier molecular flexibility index (Phi) is 4.23. The largest absolute Gasteiger partial charge is 0.343 e. The van der Waals surface area contributed by atoms with Gasteiger partial charge in [0, 0.05) is 38.0 Å². The summed E-state index contributed by atoms with van der Waals surface area (Å²) < 4.78 is 0. The van der Waals surface area contributed by atoms with Crippen LogP contribution in [-0.4, -0.2) is 29.3 Å². The summed E-state index contributed by atoms with van der Waals surface area (Å²) in [6.45, 7) is 2.23. The predicted molar refractivity (Wildman–Crippen MR) is 76.0 cm³/mol. The van der Waals surface area contributed by atoms with Crippen LogP contribution in [0.3, 0.4) is 0 Å². The van der Waals surface area contributed by atoms with Crippen molar-refractivity contribution in [1.82, 2.24) is 9.97 Å². The fraction of sp³-hybridized carbons (Fsp3) is 0.267. The standard InChI is InChI=1S/C15H17N3O/c1-12(19)8-9-18(2)15-16-10-14(11-17-15)13-6-4-3-5-7-13/h3-7,10-11H,8-9H2,1-2H3. The molecule has 0 saturated carbocycles. The third-order valence-electron chi connectivity index (χ3n) is 2.89. The highest BCUT2D eigenvalue weighted by atomic mass is 16.1. The van der Waals surface area contributed by atoms with Gasteiger partial charge in [-0.15, -0.1) is 0 Å². The molecule has 0 fully saturated rings. The third-order valence-corrected chi connectivity index (χ3v) is 2.89. The molecule has 0 aliphatic rings. The average Bonchev–Trinajstić information content (AvgIpc) is 2.46. The zero-order chi connectivity index (χ0) is 13.7. The second-order valence-electron chi connectivity index (χ2n) is 4.51. The number of nitrogens with zero attached hydrogens (tertiary/aromatic N) is 3. The van der Waals surface area contributed by atoms with E-state index in [4.69, 9.17) is 0 Å². The number of carbonyl (C=O) groups excluding carboxylic acids is 1. The van der Waals surface area contributed by atoms with Crippen molar-refractivity contribution in [3.8, 4) is 11.1 Å². The first kappa shape index (κ1) is 13.2. The first-order valence-electron chi connectivity index (χ1n) is 6.25. The van der Waals surface area contributed by atoms with Gasteiger partial charge in [0.2, 0.25) is 5.95 Å². The van der Waals surface area contributed by atoms with Crippen LogP contribution in [-0.2, 0) is 4.79 Å². The van der Waals surface area contributed by atoms with Crippen molar-refractivity contribution in [2.75, 3.05) is 18.5 Å².